The lowest BCUT2D eigenvalue weighted by Crippen LogP contribution is -2.41. The van der Waals surface area contributed by atoms with Crippen molar-refractivity contribution in [1.82, 2.24) is 0 Å². The third-order valence-electron chi connectivity index (χ3n) is 6.00. The fourth-order valence-electron chi connectivity index (χ4n) is 3.75. The number of nitrogens with zero attached hydrogens (tertiary/aromatic N) is 1. The highest BCUT2D eigenvalue weighted by atomic mass is 16.7. The van der Waals surface area contributed by atoms with Crippen LogP contribution in [0.3, 0.4) is 0 Å². The van der Waals surface area contributed by atoms with Crippen LogP contribution < -0.4 is 10.2 Å². The minimum Gasteiger partial charge on any atom is -0.483 e. The van der Waals surface area contributed by atoms with E-state index in [1.165, 1.54) is 0 Å². The van der Waals surface area contributed by atoms with Gasteiger partial charge in [-0.05, 0) is 70.8 Å². The molecule has 5 heteroatoms. The van der Waals surface area contributed by atoms with Crippen LogP contribution in [0.1, 0.15) is 52.7 Å². The lowest BCUT2D eigenvalue weighted by atomic mass is 9.71. The molecule has 0 atom stereocenters. The lowest BCUT2D eigenvalue weighted by molar-refractivity contribution is 0.00578. The van der Waals surface area contributed by atoms with Gasteiger partial charge < -0.3 is 14.0 Å². The minimum atomic E-state index is -0.524. The number of nitriles is 1. The van der Waals surface area contributed by atoms with E-state index in [0.29, 0.717) is 5.56 Å². The van der Waals surface area contributed by atoms with Crippen molar-refractivity contribution >= 4 is 12.6 Å². The molecular weight excluding hydrogens is 337 g/mol. The van der Waals surface area contributed by atoms with Crippen molar-refractivity contribution in [3.63, 3.8) is 0 Å². The molecule has 0 radical (unpaired) electrons. The summed E-state index contributed by atoms with van der Waals surface area (Å²) in [7, 11) is -0.474. The Labute approximate surface area is 161 Å². The van der Waals surface area contributed by atoms with Crippen molar-refractivity contribution in [2.24, 2.45) is 0 Å². The van der Waals surface area contributed by atoms with Crippen molar-refractivity contribution in [2.75, 3.05) is 0 Å². The van der Waals surface area contributed by atoms with E-state index in [-0.39, 0.29) is 0 Å². The van der Waals surface area contributed by atoms with E-state index in [0.717, 1.165) is 27.9 Å². The van der Waals surface area contributed by atoms with E-state index >= 15 is 0 Å². The van der Waals surface area contributed by atoms with Gasteiger partial charge in [-0.3, -0.25) is 0 Å². The van der Waals surface area contributed by atoms with E-state index in [4.69, 9.17) is 14.0 Å². The quantitative estimate of drug-likeness (QED) is 0.716. The summed E-state index contributed by atoms with van der Waals surface area (Å²) in [4.78, 5) is 0. The molecule has 1 fully saturated rings. The Balaban J connectivity index is 1.90. The van der Waals surface area contributed by atoms with E-state index < -0.39 is 23.9 Å². The Morgan fingerprint density at radius 3 is 2.22 bits per heavy atom. The van der Waals surface area contributed by atoms with Crippen LogP contribution in [0, 0.1) is 11.3 Å². The molecule has 4 nitrogen and oxygen atoms in total. The van der Waals surface area contributed by atoms with Crippen LogP contribution in [-0.4, -0.2) is 18.3 Å². The normalized spacial score (nSPS) is 21.0. The van der Waals surface area contributed by atoms with E-state index in [9.17, 15) is 5.26 Å². The van der Waals surface area contributed by atoms with Gasteiger partial charge in [0.25, 0.3) is 0 Å². The molecule has 2 heterocycles. The molecule has 0 unspecified atom stereocenters. The second kappa shape index (κ2) is 5.61. The molecule has 2 aliphatic rings. The molecule has 2 aliphatic heterocycles. The number of hydrogen-bond acceptors (Lipinski definition) is 4. The first-order chi connectivity index (χ1) is 12.6. The van der Waals surface area contributed by atoms with Crippen LogP contribution in [0.5, 0.6) is 5.75 Å². The molecular formula is C22H24BNO3. The van der Waals surface area contributed by atoms with Crippen molar-refractivity contribution < 1.29 is 14.0 Å². The third kappa shape index (κ3) is 2.67. The largest absolute Gasteiger partial charge is 0.495 e. The molecule has 0 aromatic heterocycles. The SMILES string of the molecule is CC1(C)Oc2cccc(B3OC(C)(C)C(C)(C)O3)c2-c2ccc(C#N)cc21. The van der Waals surface area contributed by atoms with Gasteiger partial charge in [-0.2, -0.15) is 5.26 Å². The van der Waals surface area contributed by atoms with E-state index in [2.05, 4.69) is 33.8 Å². The molecule has 27 heavy (non-hydrogen) atoms. The summed E-state index contributed by atoms with van der Waals surface area (Å²) in [5.41, 5.74) is 3.27. The lowest BCUT2D eigenvalue weighted by Gasteiger charge is -2.36. The molecule has 1 saturated heterocycles. The van der Waals surface area contributed by atoms with Crippen LogP contribution in [0.25, 0.3) is 11.1 Å². The Morgan fingerprint density at radius 2 is 1.59 bits per heavy atom. The standard InChI is InChI=1S/C22H24BNO3/c1-20(2)16-12-14(13-24)10-11-15(16)19-17(8-7-9-18(19)25-20)23-26-21(3,4)22(5,6)27-23/h7-12H,1-6H3. The van der Waals surface area contributed by atoms with Gasteiger partial charge in [0.1, 0.15) is 11.4 Å². The molecule has 0 aliphatic carbocycles. The summed E-state index contributed by atoms with van der Waals surface area (Å²) in [6.07, 6.45) is 0. The third-order valence-corrected chi connectivity index (χ3v) is 6.00. The Hall–Kier alpha value is -2.29. The van der Waals surface area contributed by atoms with Crippen molar-refractivity contribution in [2.45, 2.75) is 58.3 Å². The first-order valence-electron chi connectivity index (χ1n) is 9.28. The highest BCUT2D eigenvalue weighted by Crippen LogP contribution is 2.46. The van der Waals surface area contributed by atoms with Gasteiger partial charge in [0.2, 0.25) is 0 Å². The van der Waals surface area contributed by atoms with Gasteiger partial charge in [0.15, 0.2) is 0 Å². The Morgan fingerprint density at radius 1 is 0.926 bits per heavy atom. The zero-order valence-electron chi connectivity index (χ0n) is 16.7. The van der Waals surface area contributed by atoms with Crippen LogP contribution in [0.4, 0.5) is 0 Å². The zero-order valence-corrected chi connectivity index (χ0v) is 16.7. The van der Waals surface area contributed by atoms with Gasteiger partial charge in [-0.15, -0.1) is 0 Å². The van der Waals surface area contributed by atoms with Crippen LogP contribution in [0.2, 0.25) is 0 Å². The van der Waals surface area contributed by atoms with Crippen LogP contribution in [-0.2, 0) is 14.9 Å². The molecule has 138 valence electrons. The summed E-state index contributed by atoms with van der Waals surface area (Å²) in [5.74, 6) is 0.810. The van der Waals surface area contributed by atoms with Gasteiger partial charge in [0, 0.05) is 11.1 Å². The minimum absolute atomic E-state index is 0.414. The van der Waals surface area contributed by atoms with E-state index in [1.54, 1.807) is 0 Å². The van der Waals surface area contributed by atoms with Gasteiger partial charge >= 0.3 is 7.12 Å². The van der Waals surface area contributed by atoms with Gasteiger partial charge in [-0.25, -0.2) is 0 Å². The summed E-state index contributed by atoms with van der Waals surface area (Å²) in [6, 6.07) is 14.0. The summed E-state index contributed by atoms with van der Waals surface area (Å²) < 4.78 is 18.9. The second-order valence-electron chi connectivity index (χ2n) is 8.79. The summed E-state index contributed by atoms with van der Waals surface area (Å²) in [5, 5.41) is 9.32. The first-order valence-corrected chi connectivity index (χ1v) is 9.28. The van der Waals surface area contributed by atoms with Gasteiger partial charge in [0.05, 0.1) is 22.8 Å². The highest BCUT2D eigenvalue weighted by Gasteiger charge is 2.53. The maximum atomic E-state index is 9.32. The number of fused-ring (bicyclic) bond motifs is 3. The van der Waals surface area contributed by atoms with Crippen molar-refractivity contribution in [3.05, 3.63) is 47.5 Å². The van der Waals surface area contributed by atoms with Gasteiger partial charge in [-0.1, -0.05) is 18.2 Å². The predicted octanol–water partition coefficient (Wildman–Crippen LogP) is 4.15. The number of benzene rings is 2. The smallest absolute Gasteiger partial charge is 0.483 e. The maximum Gasteiger partial charge on any atom is 0.495 e. The monoisotopic (exact) mass is 361 g/mol. The summed E-state index contributed by atoms with van der Waals surface area (Å²) in [6.45, 7) is 12.3. The van der Waals surface area contributed by atoms with Crippen LogP contribution in [0.15, 0.2) is 36.4 Å². The highest BCUT2D eigenvalue weighted by molar-refractivity contribution is 6.64. The molecule has 4 rings (SSSR count). The molecule has 0 amide bonds. The molecule has 0 saturated carbocycles. The zero-order chi connectivity index (χ0) is 19.6. The molecule has 0 N–H and O–H groups in total. The topological polar surface area (TPSA) is 51.5 Å². The van der Waals surface area contributed by atoms with Crippen LogP contribution >= 0.6 is 0 Å². The molecule has 0 bridgehead atoms. The Bertz CT molecular complexity index is 956. The number of rotatable bonds is 1. The molecule has 2 aromatic carbocycles. The second-order valence-corrected chi connectivity index (χ2v) is 8.79. The maximum absolute atomic E-state index is 9.32. The first kappa shape index (κ1) is 18.1. The molecule has 0 spiro atoms. The predicted molar refractivity (Wildman–Crippen MR) is 106 cm³/mol. The number of hydrogen-bond donors (Lipinski definition) is 0. The fourth-order valence-corrected chi connectivity index (χ4v) is 3.75. The number of ether oxygens (including phenoxy) is 1. The van der Waals surface area contributed by atoms with E-state index in [1.807, 2.05) is 50.2 Å². The average molecular weight is 361 g/mol. The van der Waals surface area contributed by atoms with Crippen molar-refractivity contribution in [1.29, 1.82) is 5.26 Å². The van der Waals surface area contributed by atoms with Crippen molar-refractivity contribution in [3.8, 4) is 22.9 Å². The Kier molecular flexibility index (Phi) is 3.76. The fraction of sp³-hybridized carbons (Fsp3) is 0.409. The average Bonchev–Trinajstić information content (AvgIpc) is 2.81. The molecule has 2 aromatic rings. The summed E-state index contributed by atoms with van der Waals surface area (Å²) >= 11 is 0.